The van der Waals surface area contributed by atoms with Gasteiger partial charge in [-0.2, -0.15) is 0 Å². The molecule has 0 radical (unpaired) electrons. The molecule has 0 fully saturated rings. The summed E-state index contributed by atoms with van der Waals surface area (Å²) in [5, 5.41) is 3.03. The Balaban J connectivity index is 2.92. The summed E-state index contributed by atoms with van der Waals surface area (Å²) in [6.07, 6.45) is 0. The molecule has 0 aliphatic heterocycles. The fourth-order valence-corrected chi connectivity index (χ4v) is 1.19. The number of halogens is 3. The van der Waals surface area contributed by atoms with E-state index in [9.17, 15) is 0 Å². The van der Waals surface area contributed by atoms with Crippen molar-refractivity contribution in [2.45, 2.75) is 10.7 Å². The van der Waals surface area contributed by atoms with Gasteiger partial charge < -0.3 is 5.32 Å². The highest BCUT2D eigenvalue weighted by Crippen LogP contribution is 2.37. The number of pyridine rings is 1. The third kappa shape index (κ3) is 3.22. The molecule has 0 bridgehead atoms. The first-order chi connectivity index (χ1) is 6.04. The second-order valence-electron chi connectivity index (χ2n) is 2.44. The summed E-state index contributed by atoms with van der Waals surface area (Å²) in [4.78, 5) is 4.13. The van der Waals surface area contributed by atoms with E-state index in [1.165, 1.54) is 0 Å². The Labute approximate surface area is 92.2 Å². The van der Waals surface area contributed by atoms with Gasteiger partial charge in [0.2, 0.25) is 3.79 Å². The van der Waals surface area contributed by atoms with Crippen molar-refractivity contribution < 1.29 is 0 Å². The van der Waals surface area contributed by atoms with E-state index in [2.05, 4.69) is 10.3 Å². The molecule has 1 heterocycles. The number of hydrogen-bond donors (Lipinski definition) is 1. The van der Waals surface area contributed by atoms with Crippen LogP contribution in [0, 0.1) is 0 Å². The summed E-state index contributed by atoms with van der Waals surface area (Å²) in [6, 6.07) is 5.29. The first kappa shape index (κ1) is 10.9. The largest absolute Gasteiger partial charge is 0.370 e. The van der Waals surface area contributed by atoms with Crippen molar-refractivity contribution in [2.75, 3.05) is 11.9 Å². The van der Waals surface area contributed by atoms with Crippen molar-refractivity contribution >= 4 is 40.6 Å². The predicted octanol–water partition coefficient (Wildman–Crippen LogP) is 3.34. The average molecular weight is 240 g/mol. The van der Waals surface area contributed by atoms with Crippen LogP contribution in [-0.2, 0) is 3.79 Å². The monoisotopic (exact) mass is 238 g/mol. The minimum absolute atomic E-state index is 0.427. The van der Waals surface area contributed by atoms with Crippen LogP contribution in [0.25, 0.3) is 0 Å². The molecule has 1 rings (SSSR count). The number of hydrogen-bond acceptors (Lipinski definition) is 2. The number of anilines is 1. The number of aromatic nitrogens is 1. The molecule has 0 amide bonds. The molecule has 0 atom stereocenters. The molecule has 0 spiro atoms. The first-order valence-corrected chi connectivity index (χ1v) is 4.95. The molecular weight excluding hydrogens is 230 g/mol. The summed E-state index contributed by atoms with van der Waals surface area (Å²) < 4.78 is -1.45. The molecule has 0 unspecified atom stereocenters. The van der Waals surface area contributed by atoms with E-state index in [0.29, 0.717) is 11.5 Å². The van der Waals surface area contributed by atoms with Gasteiger partial charge in [-0.25, -0.2) is 4.98 Å². The summed E-state index contributed by atoms with van der Waals surface area (Å²) in [7, 11) is 0. The van der Waals surface area contributed by atoms with Gasteiger partial charge in [0.15, 0.2) is 0 Å². The van der Waals surface area contributed by atoms with Gasteiger partial charge in [-0.05, 0) is 19.1 Å². The molecule has 72 valence electrons. The van der Waals surface area contributed by atoms with Crippen LogP contribution >= 0.6 is 34.8 Å². The predicted molar refractivity (Wildman–Crippen MR) is 57.6 cm³/mol. The molecule has 0 saturated heterocycles. The Morgan fingerprint density at radius 3 is 2.62 bits per heavy atom. The lowest BCUT2D eigenvalue weighted by molar-refractivity contribution is 1.06. The molecule has 1 aromatic rings. The fraction of sp³-hybridized carbons (Fsp3) is 0.375. The molecule has 0 aliphatic carbocycles. The van der Waals surface area contributed by atoms with E-state index in [-0.39, 0.29) is 0 Å². The maximum Gasteiger partial charge on any atom is 0.232 e. The van der Waals surface area contributed by atoms with Crippen LogP contribution in [0.15, 0.2) is 18.2 Å². The average Bonchev–Trinajstić information content (AvgIpc) is 2.04. The maximum absolute atomic E-state index is 5.67. The van der Waals surface area contributed by atoms with E-state index in [0.717, 1.165) is 6.54 Å². The highest BCUT2D eigenvalue weighted by Gasteiger charge is 2.24. The Bertz CT molecular complexity index is 283. The first-order valence-electron chi connectivity index (χ1n) is 3.82. The fourth-order valence-electron chi connectivity index (χ4n) is 0.872. The van der Waals surface area contributed by atoms with Crippen LogP contribution in [0.1, 0.15) is 12.6 Å². The van der Waals surface area contributed by atoms with Crippen LogP contribution in [0.3, 0.4) is 0 Å². The van der Waals surface area contributed by atoms with Crippen LogP contribution in [0.2, 0.25) is 0 Å². The van der Waals surface area contributed by atoms with Gasteiger partial charge in [0.05, 0.1) is 5.69 Å². The van der Waals surface area contributed by atoms with Gasteiger partial charge in [-0.1, -0.05) is 40.9 Å². The molecule has 13 heavy (non-hydrogen) atoms. The molecule has 0 saturated carbocycles. The lowest BCUT2D eigenvalue weighted by Gasteiger charge is -2.11. The van der Waals surface area contributed by atoms with Crippen molar-refractivity contribution in [1.82, 2.24) is 4.98 Å². The molecule has 5 heteroatoms. The van der Waals surface area contributed by atoms with Crippen LogP contribution in [0.4, 0.5) is 5.82 Å². The van der Waals surface area contributed by atoms with Gasteiger partial charge in [0.1, 0.15) is 5.82 Å². The summed E-state index contributed by atoms with van der Waals surface area (Å²) in [5.74, 6) is 0.714. The van der Waals surface area contributed by atoms with Gasteiger partial charge in [-0.3, -0.25) is 0 Å². The normalized spacial score (nSPS) is 11.4. The van der Waals surface area contributed by atoms with Crippen molar-refractivity contribution in [3.05, 3.63) is 23.9 Å². The van der Waals surface area contributed by atoms with Crippen molar-refractivity contribution in [3.8, 4) is 0 Å². The van der Waals surface area contributed by atoms with E-state index in [1.54, 1.807) is 12.1 Å². The minimum Gasteiger partial charge on any atom is -0.370 e. The quantitative estimate of drug-likeness (QED) is 0.801. The van der Waals surface area contributed by atoms with Crippen molar-refractivity contribution in [1.29, 1.82) is 0 Å². The molecule has 1 aromatic heterocycles. The van der Waals surface area contributed by atoms with Crippen LogP contribution in [0.5, 0.6) is 0 Å². The minimum atomic E-state index is -1.45. The Morgan fingerprint density at radius 1 is 1.38 bits per heavy atom. The Kier molecular flexibility index (Phi) is 3.65. The zero-order valence-electron chi connectivity index (χ0n) is 7.02. The maximum atomic E-state index is 5.67. The smallest absolute Gasteiger partial charge is 0.232 e. The lowest BCUT2D eigenvalue weighted by atomic mass is 10.3. The van der Waals surface area contributed by atoms with Crippen LogP contribution < -0.4 is 5.32 Å². The second-order valence-corrected chi connectivity index (χ2v) is 4.72. The zero-order valence-corrected chi connectivity index (χ0v) is 9.29. The SMILES string of the molecule is CCNc1cccc(C(Cl)(Cl)Cl)n1. The zero-order chi connectivity index (χ0) is 9.90. The topological polar surface area (TPSA) is 24.9 Å². The molecule has 1 N–H and O–H groups in total. The lowest BCUT2D eigenvalue weighted by Crippen LogP contribution is -2.06. The van der Waals surface area contributed by atoms with Crippen molar-refractivity contribution in [2.24, 2.45) is 0 Å². The summed E-state index contributed by atoms with van der Waals surface area (Å²) in [6.45, 7) is 2.76. The summed E-state index contributed by atoms with van der Waals surface area (Å²) in [5.41, 5.74) is 0.427. The van der Waals surface area contributed by atoms with Crippen molar-refractivity contribution in [3.63, 3.8) is 0 Å². The summed E-state index contributed by atoms with van der Waals surface area (Å²) >= 11 is 17.0. The van der Waals surface area contributed by atoms with E-state index >= 15 is 0 Å². The number of nitrogens with zero attached hydrogens (tertiary/aromatic N) is 1. The Hall–Kier alpha value is -0.180. The van der Waals surface area contributed by atoms with Gasteiger partial charge in [0.25, 0.3) is 0 Å². The third-order valence-corrected chi connectivity index (χ3v) is 1.98. The number of nitrogens with one attached hydrogen (secondary N) is 1. The second kappa shape index (κ2) is 4.36. The molecule has 2 nitrogen and oxygen atoms in total. The third-order valence-electron chi connectivity index (χ3n) is 1.40. The van der Waals surface area contributed by atoms with Crippen LogP contribution in [-0.4, -0.2) is 11.5 Å². The Morgan fingerprint density at radius 2 is 2.08 bits per heavy atom. The standard InChI is InChI=1S/C8H9Cl3N2/c1-2-12-7-5-3-4-6(13-7)8(9,10)11/h3-5H,2H2,1H3,(H,12,13). The molecule has 0 aliphatic rings. The number of alkyl halides is 3. The molecular formula is C8H9Cl3N2. The van der Waals surface area contributed by atoms with Gasteiger partial charge in [-0.15, -0.1) is 0 Å². The van der Waals surface area contributed by atoms with E-state index < -0.39 is 3.79 Å². The van der Waals surface area contributed by atoms with Gasteiger partial charge >= 0.3 is 0 Å². The van der Waals surface area contributed by atoms with E-state index in [1.807, 2.05) is 13.0 Å². The highest BCUT2D eigenvalue weighted by atomic mass is 35.6. The van der Waals surface area contributed by atoms with E-state index in [4.69, 9.17) is 34.8 Å². The van der Waals surface area contributed by atoms with Gasteiger partial charge in [0, 0.05) is 6.54 Å². The highest BCUT2D eigenvalue weighted by molar-refractivity contribution is 6.66. The molecule has 0 aromatic carbocycles. The number of rotatable bonds is 2.